The number of nitrogens with zero attached hydrogens (tertiary/aromatic N) is 3. The quantitative estimate of drug-likeness (QED) is 0.868. The molecule has 0 bridgehead atoms. The standard InChI is InChI=1S/C22H30N4/c1-4-17-13-20(25-21(23-17)24-18-10-6-7-11-18)26-14-16-9-5-8-12-19(16)22(2,3)15-26/h5,8-9,12-13,18H,4,6-7,10-11,14-15H2,1-3H3,(H,23,24,25). The van der Waals surface area contributed by atoms with E-state index in [0.717, 1.165) is 37.0 Å². The van der Waals surface area contributed by atoms with E-state index in [0.29, 0.717) is 6.04 Å². The highest BCUT2D eigenvalue weighted by Crippen LogP contribution is 2.35. The van der Waals surface area contributed by atoms with E-state index in [9.17, 15) is 0 Å². The molecular weight excluding hydrogens is 320 g/mol. The van der Waals surface area contributed by atoms with Gasteiger partial charge in [-0.15, -0.1) is 0 Å². The maximum absolute atomic E-state index is 4.91. The summed E-state index contributed by atoms with van der Waals surface area (Å²) in [5.74, 6) is 1.86. The van der Waals surface area contributed by atoms with E-state index in [2.05, 4.69) is 61.3 Å². The Morgan fingerprint density at radius 1 is 1.15 bits per heavy atom. The summed E-state index contributed by atoms with van der Waals surface area (Å²) < 4.78 is 0. The smallest absolute Gasteiger partial charge is 0.225 e. The lowest BCUT2D eigenvalue weighted by Gasteiger charge is -2.40. The molecule has 1 fully saturated rings. The van der Waals surface area contributed by atoms with E-state index >= 15 is 0 Å². The molecule has 1 aromatic carbocycles. The van der Waals surface area contributed by atoms with Crippen molar-refractivity contribution in [2.45, 2.75) is 70.9 Å². The molecular formula is C22H30N4. The SMILES string of the molecule is CCc1cc(N2Cc3ccccc3C(C)(C)C2)nc(NC2CCCC2)n1. The van der Waals surface area contributed by atoms with E-state index in [1.807, 2.05) is 0 Å². The van der Waals surface area contributed by atoms with E-state index in [1.54, 1.807) is 0 Å². The molecule has 1 saturated carbocycles. The number of aromatic nitrogens is 2. The predicted octanol–water partition coefficient (Wildman–Crippen LogP) is 4.69. The van der Waals surface area contributed by atoms with Gasteiger partial charge < -0.3 is 10.2 Å². The Labute approximate surface area is 157 Å². The van der Waals surface area contributed by atoms with Gasteiger partial charge in [-0.3, -0.25) is 0 Å². The Morgan fingerprint density at radius 2 is 1.92 bits per heavy atom. The van der Waals surface area contributed by atoms with Crippen molar-refractivity contribution in [3.8, 4) is 0 Å². The zero-order valence-electron chi connectivity index (χ0n) is 16.3. The van der Waals surface area contributed by atoms with Crippen molar-refractivity contribution < 1.29 is 0 Å². The van der Waals surface area contributed by atoms with Gasteiger partial charge in [-0.2, -0.15) is 4.98 Å². The molecule has 2 heterocycles. The monoisotopic (exact) mass is 350 g/mol. The molecule has 0 unspecified atom stereocenters. The molecule has 138 valence electrons. The van der Waals surface area contributed by atoms with Crippen molar-refractivity contribution >= 4 is 11.8 Å². The summed E-state index contributed by atoms with van der Waals surface area (Å²) in [4.78, 5) is 12.1. The van der Waals surface area contributed by atoms with Crippen molar-refractivity contribution in [1.29, 1.82) is 0 Å². The number of hydrogen-bond acceptors (Lipinski definition) is 4. The molecule has 1 aliphatic heterocycles. The molecule has 0 saturated heterocycles. The molecule has 0 atom stereocenters. The third kappa shape index (κ3) is 3.42. The first-order valence-corrected chi connectivity index (χ1v) is 10.0. The van der Waals surface area contributed by atoms with Crippen LogP contribution in [0.1, 0.15) is 63.3 Å². The van der Waals surface area contributed by atoms with Gasteiger partial charge in [-0.1, -0.05) is 57.9 Å². The number of rotatable bonds is 4. The summed E-state index contributed by atoms with van der Waals surface area (Å²) >= 11 is 0. The van der Waals surface area contributed by atoms with Crippen molar-refractivity contribution in [2.24, 2.45) is 0 Å². The van der Waals surface area contributed by atoms with Gasteiger partial charge in [0.2, 0.25) is 5.95 Å². The normalized spacial score (nSPS) is 19.4. The number of anilines is 2. The largest absolute Gasteiger partial charge is 0.351 e. The number of nitrogens with one attached hydrogen (secondary N) is 1. The first-order chi connectivity index (χ1) is 12.5. The van der Waals surface area contributed by atoms with Crippen molar-refractivity contribution in [2.75, 3.05) is 16.8 Å². The first-order valence-electron chi connectivity index (χ1n) is 10.0. The fourth-order valence-electron chi connectivity index (χ4n) is 4.45. The topological polar surface area (TPSA) is 41.1 Å². The Bertz CT molecular complexity index is 777. The maximum Gasteiger partial charge on any atom is 0.225 e. The second-order valence-electron chi connectivity index (χ2n) is 8.42. The highest BCUT2D eigenvalue weighted by molar-refractivity contribution is 5.50. The third-order valence-electron chi connectivity index (χ3n) is 5.83. The maximum atomic E-state index is 4.91. The van der Waals surface area contributed by atoms with Crippen molar-refractivity contribution in [3.05, 3.63) is 47.2 Å². The fraction of sp³-hybridized carbons (Fsp3) is 0.545. The van der Waals surface area contributed by atoms with Crippen LogP contribution in [0.25, 0.3) is 0 Å². The second kappa shape index (κ2) is 6.90. The van der Waals surface area contributed by atoms with Gasteiger partial charge in [-0.05, 0) is 30.4 Å². The van der Waals surface area contributed by atoms with E-state index in [-0.39, 0.29) is 5.41 Å². The van der Waals surface area contributed by atoms with E-state index in [4.69, 9.17) is 9.97 Å². The summed E-state index contributed by atoms with van der Waals surface area (Å²) in [7, 11) is 0. The highest BCUT2D eigenvalue weighted by Gasteiger charge is 2.32. The molecule has 0 spiro atoms. The Balaban J connectivity index is 1.64. The van der Waals surface area contributed by atoms with Crippen LogP contribution in [0, 0.1) is 0 Å². The number of aryl methyl sites for hydroxylation is 1. The molecule has 26 heavy (non-hydrogen) atoms. The second-order valence-corrected chi connectivity index (χ2v) is 8.42. The van der Waals surface area contributed by atoms with E-state index < -0.39 is 0 Å². The van der Waals surface area contributed by atoms with Crippen LogP contribution in [0.5, 0.6) is 0 Å². The Morgan fingerprint density at radius 3 is 2.69 bits per heavy atom. The van der Waals surface area contributed by atoms with Gasteiger partial charge in [0.05, 0.1) is 0 Å². The molecule has 1 N–H and O–H groups in total. The van der Waals surface area contributed by atoms with Gasteiger partial charge in [0.1, 0.15) is 5.82 Å². The van der Waals surface area contributed by atoms with Crippen LogP contribution in [0.2, 0.25) is 0 Å². The van der Waals surface area contributed by atoms with Gasteiger partial charge in [0.15, 0.2) is 0 Å². The van der Waals surface area contributed by atoms with Gasteiger partial charge in [-0.25, -0.2) is 4.98 Å². The van der Waals surface area contributed by atoms with Crippen LogP contribution < -0.4 is 10.2 Å². The molecule has 4 rings (SSSR count). The Hall–Kier alpha value is -2.10. The summed E-state index contributed by atoms with van der Waals surface area (Å²) in [6.45, 7) is 8.73. The lowest BCUT2D eigenvalue weighted by atomic mass is 9.78. The van der Waals surface area contributed by atoms with Crippen LogP contribution in [-0.4, -0.2) is 22.6 Å². The Kier molecular flexibility index (Phi) is 4.60. The molecule has 0 radical (unpaired) electrons. The third-order valence-corrected chi connectivity index (χ3v) is 5.83. The fourth-order valence-corrected chi connectivity index (χ4v) is 4.45. The number of hydrogen-bond donors (Lipinski definition) is 1. The van der Waals surface area contributed by atoms with Crippen LogP contribution in [0.15, 0.2) is 30.3 Å². The van der Waals surface area contributed by atoms with Crippen LogP contribution >= 0.6 is 0 Å². The van der Waals surface area contributed by atoms with Crippen molar-refractivity contribution in [1.82, 2.24) is 9.97 Å². The molecule has 2 aromatic rings. The highest BCUT2D eigenvalue weighted by atomic mass is 15.2. The molecule has 4 heteroatoms. The summed E-state index contributed by atoms with van der Waals surface area (Å²) in [5.41, 5.74) is 4.11. The summed E-state index contributed by atoms with van der Waals surface area (Å²) in [6, 6.07) is 11.5. The minimum atomic E-state index is 0.116. The van der Waals surface area contributed by atoms with Crippen LogP contribution in [0.4, 0.5) is 11.8 Å². The summed E-state index contributed by atoms with van der Waals surface area (Å²) in [6.07, 6.45) is 6.03. The van der Waals surface area contributed by atoms with Crippen LogP contribution in [-0.2, 0) is 18.4 Å². The number of benzene rings is 1. The lowest BCUT2D eigenvalue weighted by Crippen LogP contribution is -2.42. The molecule has 4 nitrogen and oxygen atoms in total. The average Bonchev–Trinajstić information content (AvgIpc) is 3.14. The van der Waals surface area contributed by atoms with Gasteiger partial charge in [0.25, 0.3) is 0 Å². The van der Waals surface area contributed by atoms with Gasteiger partial charge in [0, 0.05) is 36.3 Å². The first kappa shape index (κ1) is 17.3. The minimum Gasteiger partial charge on any atom is -0.351 e. The minimum absolute atomic E-state index is 0.116. The zero-order valence-corrected chi connectivity index (χ0v) is 16.3. The number of fused-ring (bicyclic) bond motifs is 1. The molecule has 0 amide bonds. The predicted molar refractivity (Wildman–Crippen MR) is 108 cm³/mol. The zero-order chi connectivity index (χ0) is 18.1. The van der Waals surface area contributed by atoms with Crippen LogP contribution in [0.3, 0.4) is 0 Å². The lowest BCUT2D eigenvalue weighted by molar-refractivity contribution is 0.474. The molecule has 1 aromatic heterocycles. The summed E-state index contributed by atoms with van der Waals surface area (Å²) in [5, 5.41) is 3.59. The average molecular weight is 351 g/mol. The van der Waals surface area contributed by atoms with Crippen molar-refractivity contribution in [3.63, 3.8) is 0 Å². The van der Waals surface area contributed by atoms with Gasteiger partial charge >= 0.3 is 0 Å². The molecule has 2 aliphatic rings. The molecule has 1 aliphatic carbocycles. The van der Waals surface area contributed by atoms with E-state index in [1.165, 1.54) is 36.8 Å².